The zero-order chi connectivity index (χ0) is 8.15. The van der Waals surface area contributed by atoms with Gasteiger partial charge < -0.3 is 15.3 Å². The molecule has 3 N–H and O–H groups in total. The molecule has 0 saturated carbocycles. The first kappa shape index (κ1) is 13.2. The van der Waals surface area contributed by atoms with E-state index in [9.17, 15) is 9.59 Å². The van der Waals surface area contributed by atoms with Crippen molar-refractivity contribution in [2.45, 2.75) is 18.9 Å². The smallest absolute Gasteiger partial charge is 0.332 e. The minimum Gasteiger partial charge on any atom is -0.481 e. The van der Waals surface area contributed by atoms with E-state index in [0.717, 1.165) is 0 Å². The summed E-state index contributed by atoms with van der Waals surface area (Å²) in [6.07, 6.45) is -2.13. The molecule has 0 fully saturated rings. The molecule has 0 aromatic carbocycles. The van der Waals surface area contributed by atoms with Gasteiger partial charge in [-0.3, -0.25) is 4.79 Å². The van der Waals surface area contributed by atoms with Crippen molar-refractivity contribution < 1.29 is 47.3 Å². The average molecular weight is 256 g/mol. The largest absolute Gasteiger partial charge is 0.481 e. The Morgan fingerprint density at radius 1 is 1.27 bits per heavy atom. The topological polar surface area (TPSA) is 94.8 Å². The average Bonchev–Trinajstić information content (AvgIpc) is 1.82. The summed E-state index contributed by atoms with van der Waals surface area (Å²) < 4.78 is 0. The van der Waals surface area contributed by atoms with Crippen LogP contribution in [-0.2, 0) is 32.0 Å². The van der Waals surface area contributed by atoms with Crippen LogP contribution in [0.15, 0.2) is 0 Å². The van der Waals surface area contributed by atoms with Gasteiger partial charge in [0.15, 0.2) is 6.10 Å². The van der Waals surface area contributed by atoms with Gasteiger partial charge in [0, 0.05) is 28.8 Å². The zero-order valence-electron chi connectivity index (χ0n) is 5.45. The first-order valence-corrected chi connectivity index (χ1v) is 2.66. The number of carbonyl (C=O) groups is 2. The van der Waals surface area contributed by atoms with Crippen LogP contribution >= 0.6 is 0 Å². The molecule has 0 heterocycles. The molecule has 0 saturated heterocycles. The van der Waals surface area contributed by atoms with Gasteiger partial charge >= 0.3 is 11.9 Å². The number of aliphatic hydroxyl groups excluding tert-OH is 1. The standard InChI is InChI=1S/C5H8O5.Ag/c6-3(5(9)10)1-2-4(7)8;/h3,6H,1-2H2,(H,7,8)(H,9,10);. The SMILES string of the molecule is O=C(O)CCC(O)C(=O)O.[Ag]. The predicted octanol–water partition coefficient (Wildman–Crippen LogP) is -0.706. The molecule has 0 spiro atoms. The summed E-state index contributed by atoms with van der Waals surface area (Å²) in [6, 6.07) is 0. The Labute approximate surface area is 78.5 Å². The predicted molar refractivity (Wildman–Crippen MR) is 30.5 cm³/mol. The van der Waals surface area contributed by atoms with Crippen LogP contribution in [0, 0.1) is 0 Å². The second kappa shape index (κ2) is 6.36. The van der Waals surface area contributed by atoms with Gasteiger partial charge in [0.1, 0.15) is 0 Å². The minimum absolute atomic E-state index is 0. The van der Waals surface area contributed by atoms with Crippen molar-refractivity contribution in [1.82, 2.24) is 0 Å². The molecular formula is C5H8AgO5. The Morgan fingerprint density at radius 3 is 2.00 bits per heavy atom. The summed E-state index contributed by atoms with van der Waals surface area (Å²) in [7, 11) is 0. The van der Waals surface area contributed by atoms with Crippen LogP contribution in [0.3, 0.4) is 0 Å². The Morgan fingerprint density at radius 2 is 1.73 bits per heavy atom. The molecule has 0 aromatic heterocycles. The Balaban J connectivity index is 0. The van der Waals surface area contributed by atoms with Crippen LogP contribution in [0.4, 0.5) is 0 Å². The summed E-state index contributed by atoms with van der Waals surface area (Å²) >= 11 is 0. The van der Waals surface area contributed by atoms with Crippen molar-refractivity contribution in [2.75, 3.05) is 0 Å². The van der Waals surface area contributed by atoms with E-state index in [2.05, 4.69) is 0 Å². The first-order valence-electron chi connectivity index (χ1n) is 2.66. The van der Waals surface area contributed by atoms with Crippen molar-refractivity contribution in [3.05, 3.63) is 0 Å². The summed E-state index contributed by atoms with van der Waals surface area (Å²) in [5.74, 6) is -2.50. The van der Waals surface area contributed by atoms with Crippen molar-refractivity contribution in [2.24, 2.45) is 0 Å². The number of carboxylic acids is 2. The number of rotatable bonds is 4. The molecular weight excluding hydrogens is 248 g/mol. The summed E-state index contributed by atoms with van der Waals surface area (Å²) in [5.41, 5.74) is 0. The van der Waals surface area contributed by atoms with Gasteiger partial charge in [0.05, 0.1) is 0 Å². The van der Waals surface area contributed by atoms with E-state index in [0.29, 0.717) is 0 Å². The quantitative estimate of drug-likeness (QED) is 0.578. The van der Waals surface area contributed by atoms with Gasteiger partial charge in [-0.15, -0.1) is 0 Å². The zero-order valence-corrected chi connectivity index (χ0v) is 6.93. The van der Waals surface area contributed by atoms with Gasteiger partial charge in [-0.2, -0.15) is 0 Å². The Bertz CT molecular complexity index is 146. The maximum atomic E-state index is 9.87. The molecule has 0 aromatic rings. The van der Waals surface area contributed by atoms with Gasteiger partial charge in [-0.1, -0.05) is 0 Å². The van der Waals surface area contributed by atoms with Crippen LogP contribution < -0.4 is 0 Å². The van der Waals surface area contributed by atoms with Crippen molar-refractivity contribution in [1.29, 1.82) is 0 Å². The molecule has 0 aliphatic rings. The van der Waals surface area contributed by atoms with Crippen LogP contribution in [0.25, 0.3) is 0 Å². The number of aliphatic carboxylic acids is 2. The normalized spacial score (nSPS) is 11.4. The maximum Gasteiger partial charge on any atom is 0.332 e. The molecule has 0 rings (SSSR count). The van der Waals surface area contributed by atoms with Gasteiger partial charge in [0.2, 0.25) is 0 Å². The molecule has 6 heteroatoms. The molecule has 5 nitrogen and oxygen atoms in total. The molecule has 0 bridgehead atoms. The molecule has 0 amide bonds. The van der Waals surface area contributed by atoms with E-state index >= 15 is 0 Å². The summed E-state index contributed by atoms with van der Waals surface area (Å²) in [6.45, 7) is 0. The third kappa shape index (κ3) is 7.54. The van der Waals surface area contributed by atoms with E-state index < -0.39 is 18.0 Å². The second-order valence-corrected chi connectivity index (χ2v) is 1.79. The molecule has 69 valence electrons. The van der Waals surface area contributed by atoms with Crippen molar-refractivity contribution >= 4 is 11.9 Å². The third-order valence-electron chi connectivity index (χ3n) is 0.917. The third-order valence-corrected chi connectivity index (χ3v) is 0.917. The van der Waals surface area contributed by atoms with Gasteiger partial charge in [-0.25, -0.2) is 4.79 Å². The Kier molecular flexibility index (Phi) is 7.65. The van der Waals surface area contributed by atoms with Crippen molar-refractivity contribution in [3.63, 3.8) is 0 Å². The number of hydrogen-bond acceptors (Lipinski definition) is 3. The molecule has 1 radical (unpaired) electrons. The van der Waals surface area contributed by atoms with Crippen LogP contribution in [0.1, 0.15) is 12.8 Å². The maximum absolute atomic E-state index is 9.87. The first-order chi connectivity index (χ1) is 4.54. The van der Waals surface area contributed by atoms with Crippen LogP contribution in [0.2, 0.25) is 0 Å². The fourth-order valence-corrected chi connectivity index (χ4v) is 0.384. The van der Waals surface area contributed by atoms with E-state index in [-0.39, 0.29) is 35.2 Å². The van der Waals surface area contributed by atoms with E-state index in [1.165, 1.54) is 0 Å². The van der Waals surface area contributed by atoms with Crippen molar-refractivity contribution in [3.8, 4) is 0 Å². The summed E-state index contributed by atoms with van der Waals surface area (Å²) in [5, 5.41) is 24.6. The summed E-state index contributed by atoms with van der Waals surface area (Å²) in [4.78, 5) is 19.7. The second-order valence-electron chi connectivity index (χ2n) is 1.79. The number of hydrogen-bond donors (Lipinski definition) is 3. The van der Waals surface area contributed by atoms with Gasteiger partial charge in [-0.05, 0) is 6.42 Å². The fraction of sp³-hybridized carbons (Fsp3) is 0.600. The number of aliphatic hydroxyl groups is 1. The molecule has 0 aliphatic heterocycles. The van der Waals surface area contributed by atoms with E-state index in [4.69, 9.17) is 15.3 Å². The number of carboxylic acid groups (broad SMARTS) is 2. The van der Waals surface area contributed by atoms with Crippen LogP contribution in [-0.4, -0.2) is 33.4 Å². The minimum atomic E-state index is -1.56. The molecule has 1 unspecified atom stereocenters. The Hall–Kier alpha value is -0.360. The van der Waals surface area contributed by atoms with E-state index in [1.807, 2.05) is 0 Å². The molecule has 11 heavy (non-hydrogen) atoms. The van der Waals surface area contributed by atoms with E-state index in [1.54, 1.807) is 0 Å². The fourth-order valence-electron chi connectivity index (χ4n) is 0.384. The van der Waals surface area contributed by atoms with Crippen LogP contribution in [0.5, 0.6) is 0 Å². The van der Waals surface area contributed by atoms with Gasteiger partial charge in [0.25, 0.3) is 0 Å². The monoisotopic (exact) mass is 255 g/mol. The molecule has 0 aliphatic carbocycles. The molecule has 1 atom stereocenters.